The molecule has 3 rings (SSSR count). The molecule has 1 aliphatic heterocycles. The van der Waals surface area contributed by atoms with Crippen LogP contribution in [-0.4, -0.2) is 40.5 Å². The number of nitrogens with one attached hydrogen (secondary N) is 1. The van der Waals surface area contributed by atoms with Gasteiger partial charge in [-0.05, 0) is 30.9 Å². The minimum absolute atomic E-state index is 0. The highest BCUT2D eigenvalue weighted by atomic mass is 127. The van der Waals surface area contributed by atoms with Crippen molar-refractivity contribution in [2.24, 2.45) is 18.0 Å². The van der Waals surface area contributed by atoms with Crippen molar-refractivity contribution in [1.29, 1.82) is 0 Å². The largest absolute Gasteiger partial charge is 0.349 e. The molecule has 23 heavy (non-hydrogen) atoms. The Morgan fingerprint density at radius 2 is 2.00 bits per heavy atom. The first-order chi connectivity index (χ1) is 10.7. The number of fused-ring (bicyclic) bond motifs is 1. The van der Waals surface area contributed by atoms with Crippen LogP contribution in [0.4, 0.5) is 0 Å². The first kappa shape index (κ1) is 18.0. The SMILES string of the molecule is CN=C(NCc1nc2ccccc2n1C)N1CCC(C)CC1.I. The van der Waals surface area contributed by atoms with Crippen molar-refractivity contribution in [3.05, 3.63) is 30.1 Å². The number of piperidine rings is 1. The molecular formula is C17H26IN5. The van der Waals surface area contributed by atoms with E-state index in [1.54, 1.807) is 0 Å². The molecule has 0 amide bonds. The molecule has 1 aromatic heterocycles. The summed E-state index contributed by atoms with van der Waals surface area (Å²) in [5, 5.41) is 3.46. The molecule has 1 saturated heterocycles. The van der Waals surface area contributed by atoms with Crippen LogP contribution in [0, 0.1) is 5.92 Å². The van der Waals surface area contributed by atoms with E-state index >= 15 is 0 Å². The van der Waals surface area contributed by atoms with Crippen LogP contribution < -0.4 is 5.32 Å². The van der Waals surface area contributed by atoms with E-state index in [0.29, 0.717) is 6.54 Å². The molecule has 1 aromatic carbocycles. The number of benzene rings is 1. The number of imidazole rings is 1. The van der Waals surface area contributed by atoms with Gasteiger partial charge in [-0.25, -0.2) is 4.98 Å². The maximum Gasteiger partial charge on any atom is 0.194 e. The van der Waals surface area contributed by atoms with Gasteiger partial charge in [-0.3, -0.25) is 4.99 Å². The molecular weight excluding hydrogens is 401 g/mol. The second kappa shape index (κ2) is 7.99. The summed E-state index contributed by atoms with van der Waals surface area (Å²) < 4.78 is 2.15. The van der Waals surface area contributed by atoms with Gasteiger partial charge in [0.1, 0.15) is 5.82 Å². The fraction of sp³-hybridized carbons (Fsp3) is 0.529. The number of aromatic nitrogens is 2. The Hall–Kier alpha value is -1.31. The van der Waals surface area contributed by atoms with Crippen LogP contribution in [0.3, 0.4) is 0 Å². The molecule has 1 fully saturated rings. The highest BCUT2D eigenvalue weighted by Gasteiger charge is 2.18. The summed E-state index contributed by atoms with van der Waals surface area (Å²) in [7, 11) is 3.92. The molecule has 5 nitrogen and oxygen atoms in total. The Bertz CT molecular complexity index is 671. The highest BCUT2D eigenvalue weighted by Crippen LogP contribution is 2.17. The van der Waals surface area contributed by atoms with Crippen LogP contribution in [0.15, 0.2) is 29.3 Å². The maximum absolute atomic E-state index is 4.70. The number of hydrogen-bond acceptors (Lipinski definition) is 2. The second-order valence-electron chi connectivity index (χ2n) is 6.15. The van der Waals surface area contributed by atoms with Crippen LogP contribution in [0.5, 0.6) is 0 Å². The van der Waals surface area contributed by atoms with Gasteiger partial charge in [-0.2, -0.15) is 0 Å². The van der Waals surface area contributed by atoms with E-state index in [2.05, 4.69) is 51.9 Å². The zero-order chi connectivity index (χ0) is 15.5. The molecule has 0 radical (unpaired) electrons. The number of aliphatic imine (C=N–C) groups is 1. The van der Waals surface area contributed by atoms with Crippen molar-refractivity contribution < 1.29 is 0 Å². The Kier molecular flexibility index (Phi) is 6.26. The predicted octanol–water partition coefficient (Wildman–Crippen LogP) is 3.00. The van der Waals surface area contributed by atoms with Crippen LogP contribution in [-0.2, 0) is 13.6 Å². The van der Waals surface area contributed by atoms with E-state index in [9.17, 15) is 0 Å². The molecule has 6 heteroatoms. The van der Waals surface area contributed by atoms with Gasteiger partial charge in [0.15, 0.2) is 5.96 Å². The third-order valence-electron chi connectivity index (χ3n) is 4.58. The van der Waals surface area contributed by atoms with Crippen molar-refractivity contribution in [2.45, 2.75) is 26.3 Å². The summed E-state index contributed by atoms with van der Waals surface area (Å²) in [5.74, 6) is 2.85. The van der Waals surface area contributed by atoms with Crippen LogP contribution in [0.25, 0.3) is 11.0 Å². The van der Waals surface area contributed by atoms with E-state index < -0.39 is 0 Å². The average molecular weight is 427 g/mol. The number of rotatable bonds is 2. The monoisotopic (exact) mass is 427 g/mol. The van der Waals surface area contributed by atoms with Gasteiger partial charge in [0.2, 0.25) is 0 Å². The van der Waals surface area contributed by atoms with Gasteiger partial charge in [0, 0.05) is 27.2 Å². The summed E-state index contributed by atoms with van der Waals surface area (Å²) in [4.78, 5) is 11.5. The van der Waals surface area contributed by atoms with E-state index in [0.717, 1.165) is 36.3 Å². The summed E-state index contributed by atoms with van der Waals surface area (Å²) in [6, 6.07) is 8.24. The van der Waals surface area contributed by atoms with Gasteiger partial charge in [0.05, 0.1) is 17.6 Å². The summed E-state index contributed by atoms with van der Waals surface area (Å²) in [5.41, 5.74) is 2.21. The van der Waals surface area contributed by atoms with E-state index in [1.165, 1.54) is 18.4 Å². The molecule has 2 heterocycles. The van der Waals surface area contributed by atoms with Gasteiger partial charge in [-0.1, -0.05) is 19.1 Å². The Morgan fingerprint density at radius 1 is 1.30 bits per heavy atom. The third-order valence-corrected chi connectivity index (χ3v) is 4.58. The molecule has 0 saturated carbocycles. The minimum Gasteiger partial charge on any atom is -0.349 e. The number of halogens is 1. The number of para-hydroxylation sites is 2. The normalized spacial score (nSPS) is 16.5. The Morgan fingerprint density at radius 3 is 2.65 bits per heavy atom. The second-order valence-corrected chi connectivity index (χ2v) is 6.15. The van der Waals surface area contributed by atoms with Gasteiger partial charge >= 0.3 is 0 Å². The number of aryl methyl sites for hydroxylation is 1. The molecule has 0 unspecified atom stereocenters. The first-order valence-electron chi connectivity index (χ1n) is 8.05. The standard InChI is InChI=1S/C17H25N5.HI/c1-13-8-10-22(11-9-13)17(18-2)19-12-16-20-14-6-4-5-7-15(14)21(16)3;/h4-7,13H,8-12H2,1-3H3,(H,18,19);1H. The molecule has 2 aromatic rings. The molecule has 0 atom stereocenters. The quantitative estimate of drug-likeness (QED) is 0.456. The molecule has 0 aliphatic carbocycles. The van der Waals surface area contributed by atoms with Crippen molar-refractivity contribution in [1.82, 2.24) is 19.8 Å². The minimum atomic E-state index is 0. The van der Waals surface area contributed by atoms with Gasteiger partial charge < -0.3 is 14.8 Å². The molecule has 126 valence electrons. The molecule has 0 bridgehead atoms. The van der Waals surface area contributed by atoms with Crippen molar-refractivity contribution >= 4 is 41.0 Å². The predicted molar refractivity (Wildman–Crippen MR) is 106 cm³/mol. The Balaban J connectivity index is 0.00000192. The first-order valence-corrected chi connectivity index (χ1v) is 8.05. The number of nitrogens with zero attached hydrogens (tertiary/aromatic N) is 4. The van der Waals surface area contributed by atoms with Crippen molar-refractivity contribution in [2.75, 3.05) is 20.1 Å². The van der Waals surface area contributed by atoms with Crippen LogP contribution in [0.2, 0.25) is 0 Å². The highest BCUT2D eigenvalue weighted by molar-refractivity contribution is 14.0. The zero-order valence-corrected chi connectivity index (χ0v) is 16.4. The Labute approximate surface area is 155 Å². The number of hydrogen-bond donors (Lipinski definition) is 1. The molecule has 0 spiro atoms. The lowest BCUT2D eigenvalue weighted by atomic mass is 10.00. The summed E-state index contributed by atoms with van der Waals surface area (Å²) in [6.07, 6.45) is 2.49. The lowest BCUT2D eigenvalue weighted by Gasteiger charge is -2.32. The third kappa shape index (κ3) is 3.97. The maximum atomic E-state index is 4.70. The fourth-order valence-electron chi connectivity index (χ4n) is 3.06. The summed E-state index contributed by atoms with van der Waals surface area (Å²) >= 11 is 0. The number of likely N-dealkylation sites (tertiary alicyclic amines) is 1. The van der Waals surface area contributed by atoms with Crippen LogP contribution >= 0.6 is 24.0 Å². The van der Waals surface area contributed by atoms with Crippen molar-refractivity contribution in [3.63, 3.8) is 0 Å². The smallest absolute Gasteiger partial charge is 0.194 e. The van der Waals surface area contributed by atoms with Gasteiger partial charge in [0.25, 0.3) is 0 Å². The molecule has 1 N–H and O–H groups in total. The van der Waals surface area contributed by atoms with E-state index in [1.807, 2.05) is 13.1 Å². The van der Waals surface area contributed by atoms with E-state index in [4.69, 9.17) is 4.98 Å². The topological polar surface area (TPSA) is 45.5 Å². The van der Waals surface area contributed by atoms with Crippen LogP contribution in [0.1, 0.15) is 25.6 Å². The average Bonchev–Trinajstić information content (AvgIpc) is 2.86. The van der Waals surface area contributed by atoms with E-state index in [-0.39, 0.29) is 24.0 Å². The van der Waals surface area contributed by atoms with Crippen molar-refractivity contribution in [3.8, 4) is 0 Å². The lowest BCUT2D eigenvalue weighted by Crippen LogP contribution is -2.45. The van der Waals surface area contributed by atoms with Gasteiger partial charge in [-0.15, -0.1) is 24.0 Å². The zero-order valence-electron chi connectivity index (χ0n) is 14.1. The number of guanidine groups is 1. The summed E-state index contributed by atoms with van der Waals surface area (Å²) in [6.45, 7) is 5.20. The lowest BCUT2D eigenvalue weighted by molar-refractivity contribution is 0.273. The fourth-order valence-corrected chi connectivity index (χ4v) is 3.06. The molecule has 1 aliphatic rings.